The maximum absolute atomic E-state index is 5.57. The average Bonchev–Trinajstić information content (AvgIpc) is 3.67. The van der Waals surface area contributed by atoms with Crippen LogP contribution in [0.1, 0.15) is 25.0 Å². The van der Waals surface area contributed by atoms with Gasteiger partial charge in [0.05, 0.1) is 33.6 Å². The highest BCUT2D eigenvalue weighted by Gasteiger charge is 2.37. The van der Waals surface area contributed by atoms with Crippen molar-refractivity contribution in [1.82, 2.24) is 14.5 Å². The van der Waals surface area contributed by atoms with Crippen LogP contribution in [0.3, 0.4) is 0 Å². The van der Waals surface area contributed by atoms with Gasteiger partial charge in [-0.15, -0.1) is 0 Å². The Morgan fingerprint density at radius 1 is 0.443 bits per heavy atom. The molecular formula is C57H40N4. The molecule has 0 N–H and O–H groups in total. The molecule has 0 saturated carbocycles. The molecule has 0 bridgehead atoms. The Hall–Kier alpha value is -7.82. The van der Waals surface area contributed by atoms with Crippen LogP contribution in [-0.4, -0.2) is 14.5 Å². The Labute approximate surface area is 354 Å². The molecule has 2 aromatic heterocycles. The zero-order chi connectivity index (χ0) is 40.7. The Morgan fingerprint density at radius 2 is 1.11 bits per heavy atom. The number of anilines is 3. The van der Waals surface area contributed by atoms with Crippen LogP contribution in [0.5, 0.6) is 0 Å². The Balaban J connectivity index is 1.14. The summed E-state index contributed by atoms with van der Waals surface area (Å²) in [6, 6.07) is 74.2. The normalized spacial score (nSPS) is 13.2. The SMILES string of the molecule is CC1(C)c2ccccc2N(c2ccccc2)c2ccc(-c3cccc4c5c6ccccc6ccc5n(-c5nc(-c6cccc(-c7ccccc7)c6)c6ccccc6n5)c34)cc21. The van der Waals surface area contributed by atoms with Crippen LogP contribution in [-0.2, 0) is 5.41 Å². The second kappa shape index (κ2) is 13.6. The third kappa shape index (κ3) is 5.46. The lowest BCUT2D eigenvalue weighted by atomic mass is 9.73. The summed E-state index contributed by atoms with van der Waals surface area (Å²) >= 11 is 0. The topological polar surface area (TPSA) is 34.0 Å². The molecule has 0 saturated heterocycles. The highest BCUT2D eigenvalue weighted by atomic mass is 15.2. The van der Waals surface area contributed by atoms with Crippen LogP contribution in [0.2, 0.25) is 0 Å². The molecule has 1 aliphatic heterocycles. The first-order valence-electron chi connectivity index (χ1n) is 21.0. The van der Waals surface area contributed by atoms with Gasteiger partial charge in [-0.2, -0.15) is 0 Å². The summed E-state index contributed by atoms with van der Waals surface area (Å²) in [5.41, 5.74) is 15.5. The Bertz CT molecular complexity index is 3510. The lowest BCUT2D eigenvalue weighted by Gasteiger charge is -2.42. The van der Waals surface area contributed by atoms with Crippen LogP contribution in [0.25, 0.3) is 82.9 Å². The second-order valence-electron chi connectivity index (χ2n) is 16.6. The molecule has 0 radical (unpaired) electrons. The van der Waals surface area contributed by atoms with Gasteiger partial charge in [0.2, 0.25) is 5.95 Å². The fraction of sp³-hybridized carbons (Fsp3) is 0.0526. The molecule has 11 aromatic rings. The first-order chi connectivity index (χ1) is 30.0. The number of hydrogen-bond acceptors (Lipinski definition) is 3. The van der Waals surface area contributed by atoms with Gasteiger partial charge in [0, 0.05) is 38.4 Å². The molecule has 0 spiro atoms. The minimum absolute atomic E-state index is 0.255. The Kier molecular flexibility index (Phi) is 7.85. The van der Waals surface area contributed by atoms with E-state index in [9.17, 15) is 0 Å². The molecule has 12 rings (SSSR count). The summed E-state index contributed by atoms with van der Waals surface area (Å²) < 4.78 is 2.32. The van der Waals surface area contributed by atoms with Crippen LogP contribution in [0.15, 0.2) is 206 Å². The number of nitrogens with zero attached hydrogens (tertiary/aromatic N) is 4. The number of rotatable bonds is 5. The predicted octanol–water partition coefficient (Wildman–Crippen LogP) is 15.0. The maximum atomic E-state index is 5.57. The molecule has 4 heteroatoms. The van der Waals surface area contributed by atoms with E-state index in [1.807, 2.05) is 0 Å². The van der Waals surface area contributed by atoms with Gasteiger partial charge in [0.25, 0.3) is 0 Å². The minimum Gasteiger partial charge on any atom is -0.310 e. The molecule has 0 unspecified atom stereocenters. The van der Waals surface area contributed by atoms with Gasteiger partial charge >= 0.3 is 0 Å². The number of benzene rings is 9. The monoisotopic (exact) mass is 780 g/mol. The van der Waals surface area contributed by atoms with Crippen molar-refractivity contribution in [3.05, 3.63) is 217 Å². The van der Waals surface area contributed by atoms with Gasteiger partial charge in [-0.1, -0.05) is 172 Å². The van der Waals surface area contributed by atoms with E-state index in [4.69, 9.17) is 9.97 Å². The van der Waals surface area contributed by atoms with Crippen LogP contribution >= 0.6 is 0 Å². The summed E-state index contributed by atoms with van der Waals surface area (Å²) in [6.07, 6.45) is 0. The fourth-order valence-electron chi connectivity index (χ4n) is 9.86. The van der Waals surface area contributed by atoms with E-state index >= 15 is 0 Å². The molecule has 0 atom stereocenters. The van der Waals surface area contributed by atoms with E-state index in [0.717, 1.165) is 55.6 Å². The van der Waals surface area contributed by atoms with Crippen LogP contribution in [0.4, 0.5) is 17.1 Å². The Morgan fingerprint density at radius 3 is 1.98 bits per heavy atom. The van der Waals surface area contributed by atoms with E-state index in [2.05, 4.69) is 230 Å². The zero-order valence-electron chi connectivity index (χ0n) is 33.9. The number of aromatic nitrogens is 3. The summed E-state index contributed by atoms with van der Waals surface area (Å²) in [7, 11) is 0. The van der Waals surface area contributed by atoms with E-state index in [1.165, 1.54) is 49.6 Å². The highest BCUT2D eigenvalue weighted by Crippen LogP contribution is 2.53. The smallest absolute Gasteiger partial charge is 0.235 e. The molecule has 0 aliphatic carbocycles. The molecule has 0 amide bonds. The van der Waals surface area contributed by atoms with Crippen molar-refractivity contribution < 1.29 is 0 Å². The zero-order valence-corrected chi connectivity index (χ0v) is 33.9. The lowest BCUT2D eigenvalue weighted by Crippen LogP contribution is -2.30. The van der Waals surface area contributed by atoms with Crippen molar-refractivity contribution in [2.75, 3.05) is 4.90 Å². The number of para-hydroxylation sites is 4. The van der Waals surface area contributed by atoms with Crippen molar-refractivity contribution >= 4 is 60.5 Å². The maximum Gasteiger partial charge on any atom is 0.235 e. The van der Waals surface area contributed by atoms with Crippen molar-refractivity contribution in [2.24, 2.45) is 0 Å². The summed E-state index contributed by atoms with van der Waals surface area (Å²) in [4.78, 5) is 13.4. The first-order valence-corrected chi connectivity index (χ1v) is 21.0. The largest absolute Gasteiger partial charge is 0.310 e. The molecular weight excluding hydrogens is 741 g/mol. The molecule has 4 nitrogen and oxygen atoms in total. The quantitative estimate of drug-likeness (QED) is 0.174. The van der Waals surface area contributed by atoms with Gasteiger partial charge in [0.1, 0.15) is 0 Å². The summed E-state index contributed by atoms with van der Waals surface area (Å²) in [6.45, 7) is 4.72. The summed E-state index contributed by atoms with van der Waals surface area (Å²) in [5, 5.41) is 5.79. The van der Waals surface area contributed by atoms with Crippen molar-refractivity contribution in [3.8, 4) is 39.5 Å². The third-order valence-electron chi connectivity index (χ3n) is 12.8. The lowest BCUT2D eigenvalue weighted by molar-refractivity contribution is 0.632. The third-order valence-corrected chi connectivity index (χ3v) is 12.8. The molecule has 61 heavy (non-hydrogen) atoms. The van der Waals surface area contributed by atoms with Gasteiger partial charge < -0.3 is 4.90 Å². The van der Waals surface area contributed by atoms with Gasteiger partial charge in [-0.05, 0) is 87.1 Å². The average molecular weight is 781 g/mol. The highest BCUT2D eigenvalue weighted by molar-refractivity contribution is 6.23. The molecule has 9 aromatic carbocycles. The first kappa shape index (κ1) is 35.2. The van der Waals surface area contributed by atoms with Gasteiger partial charge in [0.15, 0.2) is 0 Å². The standard InChI is InChI=1S/C57H40N4/c1-57(2)47-28-12-14-30-50(47)60(42-22-7-4-8-23-42)51-33-32-40(36-48(51)57)44-26-16-27-46-53-43-24-10-9-19-38(43)31-34-52(53)61(55(44)46)56-58-49-29-13-11-25-45(49)54(59-56)41-21-15-20-39(35-41)37-17-5-3-6-18-37/h3-36H,1-2H3. The van der Waals surface area contributed by atoms with Crippen molar-refractivity contribution in [2.45, 2.75) is 19.3 Å². The van der Waals surface area contributed by atoms with Crippen LogP contribution in [0, 0.1) is 0 Å². The predicted molar refractivity (Wildman–Crippen MR) is 255 cm³/mol. The van der Waals surface area contributed by atoms with Crippen LogP contribution < -0.4 is 4.90 Å². The molecule has 1 aliphatic rings. The van der Waals surface area contributed by atoms with E-state index in [0.29, 0.717) is 5.95 Å². The fourth-order valence-corrected chi connectivity index (χ4v) is 9.86. The second-order valence-corrected chi connectivity index (χ2v) is 16.6. The van der Waals surface area contributed by atoms with E-state index in [1.54, 1.807) is 0 Å². The van der Waals surface area contributed by atoms with Crippen molar-refractivity contribution in [3.63, 3.8) is 0 Å². The van der Waals surface area contributed by atoms with Gasteiger partial charge in [-0.25, -0.2) is 9.97 Å². The van der Waals surface area contributed by atoms with E-state index in [-0.39, 0.29) is 5.41 Å². The summed E-state index contributed by atoms with van der Waals surface area (Å²) in [5.74, 6) is 0.643. The van der Waals surface area contributed by atoms with E-state index < -0.39 is 0 Å². The molecule has 0 fully saturated rings. The minimum atomic E-state index is -0.255. The number of fused-ring (bicyclic) bond motifs is 8. The van der Waals surface area contributed by atoms with Gasteiger partial charge in [-0.3, -0.25) is 4.57 Å². The van der Waals surface area contributed by atoms with Crippen molar-refractivity contribution in [1.29, 1.82) is 0 Å². The number of hydrogen-bond donors (Lipinski definition) is 0. The molecule has 288 valence electrons. The molecule has 3 heterocycles.